The number of ether oxygens (including phenoxy) is 1. The van der Waals surface area contributed by atoms with Crippen molar-refractivity contribution >= 4 is 17.2 Å². The molecule has 1 aliphatic rings. The molecule has 0 aromatic heterocycles. The molecule has 0 amide bonds. The van der Waals surface area contributed by atoms with Gasteiger partial charge in [-0.3, -0.25) is 0 Å². The van der Waals surface area contributed by atoms with E-state index in [0.717, 1.165) is 48.8 Å². The second-order valence-corrected chi connectivity index (χ2v) is 5.22. The Balaban J connectivity index is 2.06. The number of hydrogen-bond donors (Lipinski definition) is 1. The first-order chi connectivity index (χ1) is 8.58. The molecule has 0 radical (unpaired) electrons. The molecule has 18 heavy (non-hydrogen) atoms. The van der Waals surface area contributed by atoms with E-state index in [1.54, 1.807) is 0 Å². The zero-order chi connectivity index (χ0) is 13.1. The van der Waals surface area contributed by atoms with Gasteiger partial charge in [-0.2, -0.15) is 0 Å². The van der Waals surface area contributed by atoms with E-state index in [9.17, 15) is 5.11 Å². The van der Waals surface area contributed by atoms with Crippen LogP contribution in [0.25, 0.3) is 0 Å². The van der Waals surface area contributed by atoms with Crippen molar-refractivity contribution in [1.82, 2.24) is 4.90 Å². The smallest absolute Gasteiger partial charge is 0.121 e. The first-order valence-corrected chi connectivity index (χ1v) is 6.63. The normalized spacial score (nSPS) is 15.8. The molecule has 1 saturated heterocycles. The summed E-state index contributed by atoms with van der Waals surface area (Å²) in [4.78, 5) is 3.17. The molecular formula is C14H19NO2S. The van der Waals surface area contributed by atoms with E-state index in [2.05, 4.69) is 4.90 Å². The Bertz CT molecular complexity index is 430. The van der Waals surface area contributed by atoms with E-state index in [1.807, 2.05) is 26.0 Å². The van der Waals surface area contributed by atoms with E-state index in [4.69, 9.17) is 17.0 Å². The zero-order valence-corrected chi connectivity index (χ0v) is 11.7. The predicted octanol–water partition coefficient (Wildman–Crippen LogP) is 2.21. The van der Waals surface area contributed by atoms with Crippen molar-refractivity contribution in [3.8, 4) is 5.75 Å². The third-order valence-corrected chi connectivity index (χ3v) is 3.67. The van der Waals surface area contributed by atoms with Crippen LogP contribution < -0.4 is 0 Å². The van der Waals surface area contributed by atoms with Gasteiger partial charge in [0.25, 0.3) is 0 Å². The Hall–Kier alpha value is -1.13. The summed E-state index contributed by atoms with van der Waals surface area (Å²) in [5.41, 5.74) is 2.99. The van der Waals surface area contributed by atoms with E-state index in [1.165, 1.54) is 5.56 Å². The number of aryl methyl sites for hydroxylation is 2. The highest BCUT2D eigenvalue weighted by molar-refractivity contribution is 7.80. The van der Waals surface area contributed by atoms with Crippen molar-refractivity contribution in [2.24, 2.45) is 0 Å². The van der Waals surface area contributed by atoms with Crippen LogP contribution in [0.2, 0.25) is 0 Å². The summed E-state index contributed by atoms with van der Waals surface area (Å²) in [5, 5.41) is 9.75. The quantitative estimate of drug-likeness (QED) is 0.831. The number of nitrogens with zero attached hydrogens (tertiary/aromatic N) is 1. The Labute approximate surface area is 113 Å². The summed E-state index contributed by atoms with van der Waals surface area (Å²) < 4.78 is 5.32. The fourth-order valence-electron chi connectivity index (χ4n) is 2.25. The van der Waals surface area contributed by atoms with Crippen LogP contribution in [-0.2, 0) is 11.2 Å². The summed E-state index contributed by atoms with van der Waals surface area (Å²) >= 11 is 5.48. The first kappa shape index (κ1) is 13.3. The summed E-state index contributed by atoms with van der Waals surface area (Å²) in [6, 6.07) is 4.02. The molecule has 1 aliphatic heterocycles. The molecular weight excluding hydrogens is 246 g/mol. The molecule has 98 valence electrons. The SMILES string of the molecule is Cc1cc(CC(=S)N2CCOCC2)cc(C)c1O. The first-order valence-electron chi connectivity index (χ1n) is 6.22. The summed E-state index contributed by atoms with van der Waals surface area (Å²) in [6.45, 7) is 7.12. The van der Waals surface area contributed by atoms with Gasteiger partial charge in [0.05, 0.1) is 18.2 Å². The molecule has 0 spiro atoms. The highest BCUT2D eigenvalue weighted by atomic mass is 32.1. The maximum Gasteiger partial charge on any atom is 0.121 e. The summed E-state index contributed by atoms with van der Waals surface area (Å²) in [7, 11) is 0. The van der Waals surface area contributed by atoms with E-state index in [-0.39, 0.29) is 0 Å². The van der Waals surface area contributed by atoms with Gasteiger partial charge in [0, 0.05) is 19.5 Å². The second-order valence-electron chi connectivity index (χ2n) is 4.75. The van der Waals surface area contributed by atoms with Crippen molar-refractivity contribution in [3.63, 3.8) is 0 Å². The molecule has 1 aromatic rings. The number of benzene rings is 1. The summed E-state index contributed by atoms with van der Waals surface area (Å²) in [5.74, 6) is 0.385. The van der Waals surface area contributed by atoms with Gasteiger partial charge in [0.1, 0.15) is 5.75 Å². The lowest BCUT2D eigenvalue weighted by Gasteiger charge is -2.29. The lowest BCUT2D eigenvalue weighted by atomic mass is 10.0. The van der Waals surface area contributed by atoms with Gasteiger partial charge in [0.15, 0.2) is 0 Å². The molecule has 0 saturated carbocycles. The number of rotatable bonds is 2. The molecule has 0 bridgehead atoms. The topological polar surface area (TPSA) is 32.7 Å². The molecule has 0 atom stereocenters. The minimum absolute atomic E-state index is 0.385. The molecule has 1 fully saturated rings. The fraction of sp³-hybridized carbons (Fsp3) is 0.500. The lowest BCUT2D eigenvalue weighted by Crippen LogP contribution is -2.40. The fourth-order valence-corrected chi connectivity index (χ4v) is 2.60. The number of thiocarbonyl (C=S) groups is 1. The van der Waals surface area contributed by atoms with Gasteiger partial charge in [-0.05, 0) is 30.5 Å². The van der Waals surface area contributed by atoms with Crippen LogP contribution in [0, 0.1) is 13.8 Å². The van der Waals surface area contributed by atoms with Crippen molar-refractivity contribution in [2.45, 2.75) is 20.3 Å². The third-order valence-electron chi connectivity index (χ3n) is 3.27. The highest BCUT2D eigenvalue weighted by Gasteiger charge is 2.14. The Kier molecular flexibility index (Phi) is 4.19. The number of phenolic OH excluding ortho intramolecular Hbond substituents is 1. The molecule has 0 aliphatic carbocycles. The van der Waals surface area contributed by atoms with E-state index < -0.39 is 0 Å². The molecule has 3 nitrogen and oxygen atoms in total. The molecule has 0 unspecified atom stereocenters. The minimum Gasteiger partial charge on any atom is -0.507 e. The van der Waals surface area contributed by atoms with Gasteiger partial charge in [-0.25, -0.2) is 0 Å². The average molecular weight is 265 g/mol. The van der Waals surface area contributed by atoms with Gasteiger partial charge < -0.3 is 14.7 Å². The largest absolute Gasteiger partial charge is 0.507 e. The lowest BCUT2D eigenvalue weighted by molar-refractivity contribution is 0.0684. The van der Waals surface area contributed by atoms with Crippen LogP contribution in [0.5, 0.6) is 5.75 Å². The number of aromatic hydroxyl groups is 1. The van der Waals surface area contributed by atoms with Gasteiger partial charge in [0.2, 0.25) is 0 Å². The van der Waals surface area contributed by atoms with E-state index >= 15 is 0 Å². The van der Waals surface area contributed by atoms with Gasteiger partial charge in [-0.1, -0.05) is 24.4 Å². The molecule has 1 aromatic carbocycles. The van der Waals surface area contributed by atoms with Crippen LogP contribution in [-0.4, -0.2) is 41.3 Å². The minimum atomic E-state index is 0.385. The van der Waals surface area contributed by atoms with Crippen molar-refractivity contribution in [1.29, 1.82) is 0 Å². The maximum atomic E-state index is 9.75. The second kappa shape index (κ2) is 5.67. The molecule has 4 heteroatoms. The average Bonchev–Trinajstić information content (AvgIpc) is 2.37. The van der Waals surface area contributed by atoms with Crippen LogP contribution >= 0.6 is 12.2 Å². The molecule has 1 N–H and O–H groups in total. The van der Waals surface area contributed by atoms with Crippen LogP contribution in [0.15, 0.2) is 12.1 Å². The van der Waals surface area contributed by atoms with Crippen molar-refractivity contribution < 1.29 is 9.84 Å². The van der Waals surface area contributed by atoms with Gasteiger partial charge >= 0.3 is 0 Å². The van der Waals surface area contributed by atoms with Crippen LogP contribution in [0.1, 0.15) is 16.7 Å². The Morgan fingerprint density at radius 3 is 2.39 bits per heavy atom. The van der Waals surface area contributed by atoms with Crippen molar-refractivity contribution in [2.75, 3.05) is 26.3 Å². The number of phenols is 1. The van der Waals surface area contributed by atoms with Crippen LogP contribution in [0.3, 0.4) is 0 Å². The van der Waals surface area contributed by atoms with E-state index in [0.29, 0.717) is 5.75 Å². The zero-order valence-electron chi connectivity index (χ0n) is 10.9. The van der Waals surface area contributed by atoms with Gasteiger partial charge in [-0.15, -0.1) is 0 Å². The molecule has 1 heterocycles. The van der Waals surface area contributed by atoms with Crippen LogP contribution in [0.4, 0.5) is 0 Å². The monoisotopic (exact) mass is 265 g/mol. The standard InChI is InChI=1S/C14H19NO2S/c1-10-7-12(8-11(2)14(10)16)9-13(18)15-3-5-17-6-4-15/h7-8,16H,3-6,9H2,1-2H3. The number of hydrogen-bond acceptors (Lipinski definition) is 3. The predicted molar refractivity (Wildman–Crippen MR) is 76.3 cm³/mol. The third kappa shape index (κ3) is 3.00. The number of morpholine rings is 1. The molecule has 2 rings (SSSR count). The maximum absolute atomic E-state index is 9.75. The summed E-state index contributed by atoms with van der Waals surface area (Å²) in [6.07, 6.45) is 0.761. The Morgan fingerprint density at radius 2 is 1.83 bits per heavy atom. The van der Waals surface area contributed by atoms with Crippen molar-refractivity contribution in [3.05, 3.63) is 28.8 Å². The Morgan fingerprint density at radius 1 is 1.28 bits per heavy atom. The highest BCUT2D eigenvalue weighted by Crippen LogP contribution is 2.23.